The molecule has 3 amide bonds. The summed E-state index contributed by atoms with van der Waals surface area (Å²) in [7, 11) is 0. The number of amides is 3. The van der Waals surface area contributed by atoms with Gasteiger partial charge >= 0.3 is 12.1 Å². The molecule has 1 aliphatic heterocycles. The molecule has 174 valence electrons. The van der Waals surface area contributed by atoms with Gasteiger partial charge in [0.2, 0.25) is 5.91 Å². The summed E-state index contributed by atoms with van der Waals surface area (Å²) >= 11 is 0. The molecule has 1 heterocycles. The third-order valence-electron chi connectivity index (χ3n) is 4.62. The Labute approximate surface area is 192 Å². The Morgan fingerprint density at radius 3 is 2.48 bits per heavy atom. The largest absolute Gasteiger partial charge is 0.452 e. The lowest BCUT2D eigenvalue weighted by atomic mass is 10.2. The quantitative estimate of drug-likeness (QED) is 0.640. The maximum absolute atomic E-state index is 12.4. The zero-order chi connectivity index (χ0) is 24.0. The van der Waals surface area contributed by atoms with Crippen molar-refractivity contribution in [1.29, 1.82) is 0 Å². The zero-order valence-corrected chi connectivity index (χ0v) is 18.8. The van der Waals surface area contributed by atoms with E-state index in [1.165, 1.54) is 12.1 Å². The predicted octanol–water partition coefficient (Wildman–Crippen LogP) is 3.96. The first kappa shape index (κ1) is 23.8. The number of ether oxygens (including phenoxy) is 2. The molecule has 2 aromatic carbocycles. The summed E-state index contributed by atoms with van der Waals surface area (Å²) in [6, 6.07) is 13.1. The lowest BCUT2D eigenvalue weighted by Gasteiger charge is -2.20. The Morgan fingerprint density at radius 1 is 1.03 bits per heavy atom. The van der Waals surface area contributed by atoms with Gasteiger partial charge in [-0.15, -0.1) is 0 Å². The minimum absolute atomic E-state index is 0.00278. The van der Waals surface area contributed by atoms with Crippen LogP contribution in [0.1, 0.15) is 44.0 Å². The summed E-state index contributed by atoms with van der Waals surface area (Å²) in [5.41, 5.74) is 0.944. The van der Waals surface area contributed by atoms with Crippen molar-refractivity contribution in [3.63, 3.8) is 0 Å². The van der Waals surface area contributed by atoms with Crippen LogP contribution in [0.5, 0.6) is 0 Å². The Hall–Kier alpha value is -3.88. The average molecular weight is 453 g/mol. The molecule has 0 aliphatic carbocycles. The number of rotatable bonds is 6. The maximum Gasteiger partial charge on any atom is 0.412 e. The number of para-hydroxylation sites is 2. The first-order chi connectivity index (χ1) is 15.6. The lowest BCUT2D eigenvalue weighted by Crippen LogP contribution is -2.27. The average Bonchev–Trinajstić information content (AvgIpc) is 3.17. The van der Waals surface area contributed by atoms with Crippen molar-refractivity contribution in [2.75, 3.05) is 28.7 Å². The smallest absolute Gasteiger partial charge is 0.412 e. The first-order valence-electron chi connectivity index (χ1n) is 10.6. The molecule has 3 rings (SSSR count). The Kier molecular flexibility index (Phi) is 7.32. The lowest BCUT2D eigenvalue weighted by molar-refractivity contribution is -0.119. The van der Waals surface area contributed by atoms with Gasteiger partial charge in [-0.2, -0.15) is 0 Å². The van der Waals surface area contributed by atoms with Gasteiger partial charge in [0.05, 0.1) is 16.9 Å². The van der Waals surface area contributed by atoms with E-state index >= 15 is 0 Å². The van der Waals surface area contributed by atoms with Crippen molar-refractivity contribution in [3.05, 3.63) is 54.1 Å². The molecule has 0 radical (unpaired) electrons. The monoisotopic (exact) mass is 453 g/mol. The second-order valence-electron chi connectivity index (χ2n) is 8.50. The summed E-state index contributed by atoms with van der Waals surface area (Å²) in [5.74, 6) is -1.26. The number of carbonyl (C=O) groups excluding carboxylic acids is 4. The molecule has 1 aliphatic rings. The van der Waals surface area contributed by atoms with E-state index in [0.717, 1.165) is 6.42 Å². The summed E-state index contributed by atoms with van der Waals surface area (Å²) in [4.78, 5) is 50.4. The van der Waals surface area contributed by atoms with Crippen LogP contribution >= 0.6 is 0 Å². The highest BCUT2D eigenvalue weighted by Gasteiger charge is 2.24. The van der Waals surface area contributed by atoms with Gasteiger partial charge in [-0.25, -0.2) is 9.59 Å². The standard InChI is InChI=1S/C24H27N3O6/c1-24(2,3)33-23(31)25-17-9-6-8-16(14-17)22(30)32-15-20(28)26-18-10-4-5-11-19(18)27-13-7-12-21(27)29/h4-6,8-11,14H,7,12-13,15H2,1-3H3,(H,25,31)(H,26,28). The van der Waals surface area contributed by atoms with Crippen LogP contribution in [0.4, 0.5) is 21.9 Å². The molecule has 9 heteroatoms. The highest BCUT2D eigenvalue weighted by molar-refractivity contribution is 6.03. The third-order valence-corrected chi connectivity index (χ3v) is 4.62. The highest BCUT2D eigenvalue weighted by atomic mass is 16.6. The summed E-state index contributed by atoms with van der Waals surface area (Å²) in [5, 5.41) is 5.24. The van der Waals surface area contributed by atoms with E-state index in [1.54, 1.807) is 62.1 Å². The van der Waals surface area contributed by atoms with Gasteiger partial charge in [-0.1, -0.05) is 18.2 Å². The third kappa shape index (κ3) is 6.80. The second kappa shape index (κ2) is 10.2. The molecule has 2 N–H and O–H groups in total. The van der Waals surface area contributed by atoms with Crippen molar-refractivity contribution < 1.29 is 28.7 Å². The molecule has 0 bridgehead atoms. The van der Waals surface area contributed by atoms with Gasteiger partial charge in [0, 0.05) is 18.7 Å². The number of nitrogens with zero attached hydrogens (tertiary/aromatic N) is 1. The van der Waals surface area contributed by atoms with Crippen molar-refractivity contribution in [1.82, 2.24) is 0 Å². The molecule has 0 saturated carbocycles. The van der Waals surface area contributed by atoms with Crippen LogP contribution in [0.15, 0.2) is 48.5 Å². The predicted molar refractivity (Wildman–Crippen MR) is 123 cm³/mol. The summed E-state index contributed by atoms with van der Waals surface area (Å²) in [6.45, 7) is 5.31. The highest BCUT2D eigenvalue weighted by Crippen LogP contribution is 2.29. The Morgan fingerprint density at radius 2 is 1.79 bits per heavy atom. The molecular weight excluding hydrogens is 426 g/mol. The minimum atomic E-state index is -0.721. The molecule has 9 nitrogen and oxygen atoms in total. The van der Waals surface area contributed by atoms with Crippen LogP contribution < -0.4 is 15.5 Å². The Balaban J connectivity index is 1.57. The number of carbonyl (C=O) groups is 4. The normalized spacial score (nSPS) is 13.4. The summed E-state index contributed by atoms with van der Waals surface area (Å²) < 4.78 is 10.3. The number of anilines is 3. The molecule has 1 fully saturated rings. The number of nitrogens with one attached hydrogen (secondary N) is 2. The van der Waals surface area contributed by atoms with Crippen molar-refractivity contribution in [2.45, 2.75) is 39.2 Å². The summed E-state index contributed by atoms with van der Waals surface area (Å²) in [6.07, 6.45) is 0.588. The molecule has 0 spiro atoms. The fourth-order valence-electron chi connectivity index (χ4n) is 3.26. The van der Waals surface area contributed by atoms with Gasteiger partial charge in [0.15, 0.2) is 6.61 Å². The van der Waals surface area contributed by atoms with Crippen LogP contribution in [-0.2, 0) is 19.1 Å². The fourth-order valence-corrected chi connectivity index (χ4v) is 3.26. The fraction of sp³-hybridized carbons (Fsp3) is 0.333. The van der Waals surface area contributed by atoms with Crippen molar-refractivity contribution in [2.24, 2.45) is 0 Å². The van der Waals surface area contributed by atoms with E-state index in [0.29, 0.717) is 30.0 Å². The van der Waals surface area contributed by atoms with E-state index in [-0.39, 0.29) is 11.5 Å². The zero-order valence-electron chi connectivity index (χ0n) is 18.8. The van der Waals surface area contributed by atoms with E-state index < -0.39 is 30.2 Å². The SMILES string of the molecule is CC(C)(C)OC(=O)Nc1cccc(C(=O)OCC(=O)Nc2ccccc2N2CCCC2=O)c1. The van der Waals surface area contributed by atoms with Crippen LogP contribution in [0.2, 0.25) is 0 Å². The van der Waals surface area contributed by atoms with E-state index in [4.69, 9.17) is 9.47 Å². The number of benzene rings is 2. The van der Waals surface area contributed by atoms with E-state index in [2.05, 4.69) is 10.6 Å². The minimum Gasteiger partial charge on any atom is -0.452 e. The van der Waals surface area contributed by atoms with Crippen LogP contribution in [-0.4, -0.2) is 42.6 Å². The van der Waals surface area contributed by atoms with Gasteiger partial charge in [0.1, 0.15) is 5.60 Å². The van der Waals surface area contributed by atoms with Crippen LogP contribution in [0, 0.1) is 0 Å². The molecule has 33 heavy (non-hydrogen) atoms. The first-order valence-corrected chi connectivity index (χ1v) is 10.6. The van der Waals surface area contributed by atoms with E-state index in [9.17, 15) is 19.2 Å². The van der Waals surface area contributed by atoms with E-state index in [1.807, 2.05) is 0 Å². The van der Waals surface area contributed by atoms with Crippen LogP contribution in [0.3, 0.4) is 0 Å². The number of hydrogen-bond acceptors (Lipinski definition) is 6. The Bertz CT molecular complexity index is 1060. The van der Waals surface area contributed by atoms with Crippen LogP contribution in [0.25, 0.3) is 0 Å². The van der Waals surface area contributed by atoms with Gasteiger partial charge in [-0.05, 0) is 57.5 Å². The molecule has 0 aromatic heterocycles. The van der Waals surface area contributed by atoms with Gasteiger partial charge < -0.3 is 19.7 Å². The number of hydrogen-bond donors (Lipinski definition) is 2. The molecular formula is C24H27N3O6. The topological polar surface area (TPSA) is 114 Å². The maximum atomic E-state index is 12.4. The molecule has 2 aromatic rings. The molecule has 0 unspecified atom stereocenters. The van der Waals surface area contributed by atoms with Crippen molar-refractivity contribution >= 4 is 40.9 Å². The molecule has 1 saturated heterocycles. The molecule has 0 atom stereocenters. The van der Waals surface area contributed by atoms with Gasteiger partial charge in [-0.3, -0.25) is 14.9 Å². The van der Waals surface area contributed by atoms with Crippen molar-refractivity contribution in [3.8, 4) is 0 Å². The number of esters is 1. The second-order valence-corrected chi connectivity index (χ2v) is 8.50. The van der Waals surface area contributed by atoms with Gasteiger partial charge in [0.25, 0.3) is 5.91 Å².